The van der Waals surface area contributed by atoms with Gasteiger partial charge in [-0.25, -0.2) is 0 Å². The van der Waals surface area contributed by atoms with Crippen LogP contribution in [0.3, 0.4) is 0 Å². The highest BCUT2D eigenvalue weighted by Crippen LogP contribution is 2.30. The van der Waals surface area contributed by atoms with Crippen LogP contribution in [-0.2, 0) is 6.18 Å². The second kappa shape index (κ2) is 4.33. The highest BCUT2D eigenvalue weighted by atomic mass is 19.4. The van der Waals surface area contributed by atoms with Crippen LogP contribution in [0.4, 0.5) is 13.2 Å². The van der Waals surface area contributed by atoms with E-state index in [9.17, 15) is 18.0 Å². The first-order valence-corrected chi connectivity index (χ1v) is 5.00. The van der Waals surface area contributed by atoms with E-state index < -0.39 is 24.2 Å². The van der Waals surface area contributed by atoms with Gasteiger partial charge in [0.25, 0.3) is 5.56 Å². The maximum absolute atomic E-state index is 12.7. The van der Waals surface area contributed by atoms with Gasteiger partial charge in [0.2, 0.25) is 0 Å². The van der Waals surface area contributed by atoms with Crippen molar-refractivity contribution in [1.82, 2.24) is 4.57 Å². The van der Waals surface area contributed by atoms with Crippen molar-refractivity contribution in [1.29, 1.82) is 0 Å². The summed E-state index contributed by atoms with van der Waals surface area (Å²) < 4.78 is 60.8. The van der Waals surface area contributed by atoms with Gasteiger partial charge in [-0.05, 0) is 30.6 Å². The predicted octanol–water partition coefficient (Wildman–Crippen LogP) is 3.16. The van der Waals surface area contributed by atoms with Gasteiger partial charge in [0.15, 0.2) is 0 Å². The quantitative estimate of drug-likeness (QED) is 0.768. The van der Waals surface area contributed by atoms with Crippen molar-refractivity contribution in [3.8, 4) is 5.69 Å². The Morgan fingerprint density at radius 1 is 1.22 bits per heavy atom. The number of benzene rings is 1. The van der Waals surface area contributed by atoms with E-state index in [0.717, 1.165) is 41.1 Å². The number of hydrogen-bond donors (Lipinski definition) is 0. The molecule has 0 aliphatic heterocycles. The topological polar surface area (TPSA) is 22.0 Å². The number of aryl methyl sites for hydroxylation is 1. The van der Waals surface area contributed by atoms with E-state index in [1.165, 1.54) is 6.07 Å². The Labute approximate surface area is 106 Å². The molecule has 0 bridgehead atoms. The van der Waals surface area contributed by atoms with Crippen molar-refractivity contribution in [3.63, 3.8) is 0 Å². The van der Waals surface area contributed by atoms with Crippen LogP contribution in [0.25, 0.3) is 5.69 Å². The van der Waals surface area contributed by atoms with Crippen LogP contribution in [0.5, 0.6) is 0 Å². The molecular weight excluding hydrogens is 243 g/mol. The molecule has 5 heteroatoms. The third-order valence-electron chi connectivity index (χ3n) is 2.36. The Hall–Kier alpha value is -2.04. The summed E-state index contributed by atoms with van der Waals surface area (Å²) in [6, 6.07) is 6.29. The Bertz CT molecular complexity index is 720. The fourth-order valence-electron chi connectivity index (χ4n) is 1.52. The molecule has 0 radical (unpaired) electrons. The lowest BCUT2D eigenvalue weighted by atomic mass is 10.2. The van der Waals surface area contributed by atoms with Crippen molar-refractivity contribution in [2.45, 2.75) is 13.0 Å². The first kappa shape index (κ1) is 8.97. The lowest BCUT2D eigenvalue weighted by Gasteiger charge is -2.10. The molecule has 2 rings (SSSR count). The summed E-state index contributed by atoms with van der Waals surface area (Å²) in [6.07, 6.45) is -3.51. The third kappa shape index (κ3) is 2.45. The van der Waals surface area contributed by atoms with Crippen molar-refractivity contribution in [2.75, 3.05) is 0 Å². The lowest BCUT2D eigenvalue weighted by molar-refractivity contribution is -0.137. The molecule has 0 spiro atoms. The third-order valence-corrected chi connectivity index (χ3v) is 2.36. The fraction of sp³-hybridized carbons (Fsp3) is 0.154. The molecule has 0 saturated heterocycles. The van der Waals surface area contributed by atoms with E-state index in [2.05, 4.69) is 0 Å². The molecule has 1 aromatic heterocycles. The van der Waals surface area contributed by atoms with Gasteiger partial charge in [0.05, 0.1) is 5.56 Å². The minimum Gasteiger partial charge on any atom is -0.284 e. The zero-order chi connectivity index (χ0) is 15.8. The predicted molar refractivity (Wildman–Crippen MR) is 61.8 cm³/mol. The molecule has 2 nitrogen and oxygen atoms in total. The molecule has 2 aromatic rings. The average molecular weight is 256 g/mol. The number of alkyl halides is 3. The standard InChI is InChI=1S/C13H10F3NO/c1-9-5-6-12(18)17(8-9)11-4-2-3-10(7-11)13(14,15)16/h2-8H,1H3/i1D3. The van der Waals surface area contributed by atoms with Crippen LogP contribution in [0.15, 0.2) is 47.4 Å². The van der Waals surface area contributed by atoms with Crippen LogP contribution in [0, 0.1) is 6.85 Å². The molecule has 94 valence electrons. The average Bonchev–Trinajstić information content (AvgIpc) is 2.37. The summed E-state index contributed by atoms with van der Waals surface area (Å²) in [4.78, 5) is 11.8. The summed E-state index contributed by atoms with van der Waals surface area (Å²) in [5, 5.41) is 0. The summed E-state index contributed by atoms with van der Waals surface area (Å²) in [7, 11) is 0. The zero-order valence-corrected chi connectivity index (χ0v) is 9.03. The van der Waals surface area contributed by atoms with Gasteiger partial charge in [-0.2, -0.15) is 13.2 Å². The Balaban J connectivity index is 2.60. The number of aromatic nitrogens is 1. The molecule has 1 aromatic carbocycles. The van der Waals surface area contributed by atoms with Gasteiger partial charge in [0, 0.05) is 22.1 Å². The number of rotatable bonds is 1. The monoisotopic (exact) mass is 256 g/mol. The highest BCUT2D eigenvalue weighted by molar-refractivity contribution is 5.37. The SMILES string of the molecule is [2H]C([2H])([2H])c1ccc(=O)n(-c2cccc(C(F)(F)F)c2)c1. The van der Waals surface area contributed by atoms with Crippen LogP contribution in [0.1, 0.15) is 15.2 Å². The second-order valence-electron chi connectivity index (χ2n) is 3.67. The van der Waals surface area contributed by atoms with E-state index >= 15 is 0 Å². The van der Waals surface area contributed by atoms with E-state index in [1.807, 2.05) is 0 Å². The number of pyridine rings is 1. The van der Waals surface area contributed by atoms with Gasteiger partial charge in [-0.3, -0.25) is 9.36 Å². The molecule has 0 saturated carbocycles. The number of hydrogen-bond acceptors (Lipinski definition) is 1. The number of nitrogens with zero attached hydrogens (tertiary/aromatic N) is 1. The molecular formula is C13H10F3NO. The fourth-order valence-corrected chi connectivity index (χ4v) is 1.52. The van der Waals surface area contributed by atoms with Crippen LogP contribution in [-0.4, -0.2) is 4.57 Å². The maximum Gasteiger partial charge on any atom is 0.416 e. The van der Waals surface area contributed by atoms with Crippen LogP contribution >= 0.6 is 0 Å². The van der Waals surface area contributed by atoms with Gasteiger partial charge in [0.1, 0.15) is 0 Å². The van der Waals surface area contributed by atoms with Crippen molar-refractivity contribution >= 4 is 0 Å². The normalized spacial score (nSPS) is 14.7. The summed E-state index contributed by atoms with van der Waals surface area (Å²) in [5.41, 5.74) is -1.69. The first-order valence-electron chi connectivity index (χ1n) is 6.50. The molecule has 0 N–H and O–H groups in total. The molecule has 0 amide bonds. The molecule has 1 heterocycles. The summed E-state index contributed by atoms with van der Waals surface area (Å²) in [6.45, 7) is -2.45. The summed E-state index contributed by atoms with van der Waals surface area (Å²) >= 11 is 0. The van der Waals surface area contributed by atoms with Crippen molar-refractivity contribution in [2.24, 2.45) is 0 Å². The molecule has 0 unspecified atom stereocenters. The molecule has 0 fully saturated rings. The number of halogens is 3. The molecule has 0 aliphatic rings. The Kier molecular flexibility index (Phi) is 2.15. The highest BCUT2D eigenvalue weighted by Gasteiger charge is 2.30. The summed E-state index contributed by atoms with van der Waals surface area (Å²) in [5.74, 6) is 0. The zero-order valence-electron chi connectivity index (χ0n) is 12.0. The van der Waals surface area contributed by atoms with Crippen LogP contribution in [0.2, 0.25) is 0 Å². The van der Waals surface area contributed by atoms with E-state index in [4.69, 9.17) is 4.11 Å². The first-order chi connectivity index (χ1) is 9.59. The largest absolute Gasteiger partial charge is 0.416 e. The molecule has 0 atom stereocenters. The maximum atomic E-state index is 12.7. The lowest BCUT2D eigenvalue weighted by Crippen LogP contribution is -2.17. The van der Waals surface area contributed by atoms with Gasteiger partial charge in [-0.1, -0.05) is 12.1 Å². The minimum atomic E-state index is -4.54. The van der Waals surface area contributed by atoms with E-state index in [-0.39, 0.29) is 11.3 Å². The van der Waals surface area contributed by atoms with E-state index in [1.54, 1.807) is 0 Å². The Morgan fingerprint density at radius 3 is 2.67 bits per heavy atom. The Morgan fingerprint density at radius 2 is 2.00 bits per heavy atom. The van der Waals surface area contributed by atoms with Gasteiger partial charge >= 0.3 is 6.18 Å². The smallest absolute Gasteiger partial charge is 0.284 e. The van der Waals surface area contributed by atoms with Gasteiger partial charge in [-0.15, -0.1) is 0 Å². The molecule has 18 heavy (non-hydrogen) atoms. The van der Waals surface area contributed by atoms with Gasteiger partial charge < -0.3 is 0 Å². The van der Waals surface area contributed by atoms with Crippen molar-refractivity contribution in [3.05, 3.63) is 64.1 Å². The van der Waals surface area contributed by atoms with Crippen molar-refractivity contribution < 1.29 is 17.3 Å². The van der Waals surface area contributed by atoms with E-state index in [0.29, 0.717) is 0 Å². The van der Waals surface area contributed by atoms with Crippen LogP contribution < -0.4 is 5.56 Å². The molecule has 0 aliphatic carbocycles. The second-order valence-corrected chi connectivity index (χ2v) is 3.67. The minimum absolute atomic E-state index is 0.0408.